The Balaban J connectivity index is 2.13. The van der Waals surface area contributed by atoms with Gasteiger partial charge in [-0.1, -0.05) is 36.4 Å². The second-order valence-corrected chi connectivity index (χ2v) is 5.48. The van der Waals surface area contributed by atoms with Crippen molar-refractivity contribution in [2.45, 2.75) is 25.1 Å². The Bertz CT molecular complexity index is 623. The maximum Gasteiger partial charge on any atom is 0.220 e. The van der Waals surface area contributed by atoms with Crippen LogP contribution in [0.25, 0.3) is 0 Å². The minimum atomic E-state index is 0.404. The second-order valence-electron chi connectivity index (χ2n) is 4.30. The number of nitrogens with zero attached hydrogens (tertiary/aromatic N) is 2. The summed E-state index contributed by atoms with van der Waals surface area (Å²) in [4.78, 5) is 8.66. The molecule has 2 rings (SSSR count). The average Bonchev–Trinajstić information content (AvgIpc) is 2.52. The van der Waals surface area contributed by atoms with Crippen molar-refractivity contribution in [1.29, 1.82) is 0 Å². The van der Waals surface area contributed by atoms with Gasteiger partial charge in [0.2, 0.25) is 5.88 Å². The summed E-state index contributed by atoms with van der Waals surface area (Å²) in [7, 11) is 1.59. The molecule has 0 saturated heterocycles. The largest absolute Gasteiger partial charge is 0.495 e. The molecule has 0 amide bonds. The number of methoxy groups -OCH3 is 1. The monoisotopic (exact) mass is 324 g/mol. The van der Waals surface area contributed by atoms with Crippen LogP contribution in [0.3, 0.4) is 0 Å². The van der Waals surface area contributed by atoms with Gasteiger partial charge >= 0.3 is 0 Å². The summed E-state index contributed by atoms with van der Waals surface area (Å²) in [5, 5.41) is 1.27. The maximum atomic E-state index is 6.11. The molecule has 1 aromatic heterocycles. The number of hydrogen-bond acceptors (Lipinski definition) is 5. The second kappa shape index (κ2) is 7.52. The van der Waals surface area contributed by atoms with E-state index in [4.69, 9.17) is 21.1 Å². The van der Waals surface area contributed by atoms with E-state index in [1.165, 1.54) is 11.8 Å². The fourth-order valence-electron chi connectivity index (χ4n) is 1.79. The molecule has 0 spiro atoms. The Labute approximate surface area is 133 Å². The van der Waals surface area contributed by atoms with Gasteiger partial charge in [0.15, 0.2) is 5.16 Å². The number of aromatic nitrogens is 2. The number of halogens is 1. The number of benzene rings is 1. The highest BCUT2D eigenvalue weighted by atomic mass is 35.5. The van der Waals surface area contributed by atoms with Crippen molar-refractivity contribution in [3.8, 4) is 11.6 Å². The highest BCUT2D eigenvalue weighted by molar-refractivity contribution is 7.98. The van der Waals surface area contributed by atoms with E-state index >= 15 is 0 Å². The van der Waals surface area contributed by atoms with Gasteiger partial charge in [0.1, 0.15) is 12.4 Å². The average molecular weight is 325 g/mol. The van der Waals surface area contributed by atoms with E-state index in [2.05, 4.69) is 16.9 Å². The normalized spacial score (nSPS) is 10.5. The molecule has 4 nitrogen and oxygen atoms in total. The summed E-state index contributed by atoms with van der Waals surface area (Å²) >= 11 is 7.60. The molecule has 0 fully saturated rings. The van der Waals surface area contributed by atoms with Gasteiger partial charge < -0.3 is 9.47 Å². The predicted molar refractivity (Wildman–Crippen MR) is 85.5 cm³/mol. The predicted octanol–water partition coefficient (Wildman–Crippen LogP) is 4.00. The van der Waals surface area contributed by atoms with Crippen molar-refractivity contribution in [2.75, 3.05) is 13.4 Å². The molecule has 0 unspecified atom stereocenters. The van der Waals surface area contributed by atoms with E-state index in [0.717, 1.165) is 17.5 Å². The zero-order chi connectivity index (χ0) is 15.2. The molecule has 1 heterocycles. The third kappa shape index (κ3) is 4.02. The van der Waals surface area contributed by atoms with Gasteiger partial charge in [-0.05, 0) is 30.4 Å². The standard InChI is InChI=1S/C15H17ClN2O2S/c1-4-11-8-17-15(21-3)18-14(11)20-9-10-5-6-13(19-2)12(16)7-10/h5-8H,4,9H2,1-3H3. The number of ether oxygens (including phenoxy) is 2. The van der Waals surface area contributed by atoms with Crippen molar-refractivity contribution < 1.29 is 9.47 Å². The molecule has 0 bridgehead atoms. The van der Waals surface area contributed by atoms with Crippen molar-refractivity contribution in [1.82, 2.24) is 9.97 Å². The molecule has 0 atom stereocenters. The van der Waals surface area contributed by atoms with E-state index in [-0.39, 0.29) is 0 Å². The Morgan fingerprint density at radius 3 is 2.76 bits per heavy atom. The number of hydrogen-bond donors (Lipinski definition) is 0. The lowest BCUT2D eigenvalue weighted by molar-refractivity contribution is 0.287. The molecule has 0 radical (unpaired) electrons. The lowest BCUT2D eigenvalue weighted by atomic mass is 10.2. The van der Waals surface area contributed by atoms with Crippen molar-refractivity contribution in [3.63, 3.8) is 0 Å². The topological polar surface area (TPSA) is 44.2 Å². The van der Waals surface area contributed by atoms with Gasteiger partial charge in [0.25, 0.3) is 0 Å². The highest BCUT2D eigenvalue weighted by Crippen LogP contribution is 2.26. The van der Waals surface area contributed by atoms with Crippen LogP contribution in [0.1, 0.15) is 18.1 Å². The van der Waals surface area contributed by atoms with Crippen molar-refractivity contribution >= 4 is 23.4 Å². The van der Waals surface area contributed by atoms with Gasteiger partial charge in [-0.15, -0.1) is 0 Å². The van der Waals surface area contributed by atoms with Crippen LogP contribution in [0.5, 0.6) is 11.6 Å². The minimum Gasteiger partial charge on any atom is -0.495 e. The number of thioether (sulfide) groups is 1. The molecule has 0 aliphatic heterocycles. The van der Waals surface area contributed by atoms with Gasteiger partial charge in [0, 0.05) is 11.8 Å². The maximum absolute atomic E-state index is 6.11. The highest BCUT2D eigenvalue weighted by Gasteiger charge is 2.08. The SMILES string of the molecule is CCc1cnc(SC)nc1OCc1ccc(OC)c(Cl)c1. The first-order valence-electron chi connectivity index (χ1n) is 6.53. The van der Waals surface area contributed by atoms with Crippen LogP contribution in [-0.2, 0) is 13.0 Å². The van der Waals surface area contributed by atoms with Gasteiger partial charge in [-0.2, -0.15) is 4.98 Å². The molecule has 6 heteroatoms. The molecule has 1 aromatic carbocycles. The third-order valence-corrected chi connectivity index (χ3v) is 3.82. The summed E-state index contributed by atoms with van der Waals surface area (Å²) in [6.45, 7) is 2.45. The summed E-state index contributed by atoms with van der Waals surface area (Å²) < 4.78 is 11.0. The van der Waals surface area contributed by atoms with Crippen molar-refractivity contribution in [3.05, 3.63) is 40.5 Å². The molecule has 2 aromatic rings. The van der Waals surface area contributed by atoms with Crippen molar-refractivity contribution in [2.24, 2.45) is 0 Å². The van der Waals surface area contributed by atoms with Crippen LogP contribution in [0.15, 0.2) is 29.6 Å². The van der Waals surface area contributed by atoms with Gasteiger partial charge in [-0.25, -0.2) is 4.98 Å². The number of rotatable bonds is 6. The van der Waals surface area contributed by atoms with Gasteiger partial charge in [0.05, 0.1) is 12.1 Å². The zero-order valence-electron chi connectivity index (χ0n) is 12.2. The molecule has 0 aliphatic rings. The first kappa shape index (κ1) is 15.9. The fraction of sp³-hybridized carbons (Fsp3) is 0.333. The van der Waals surface area contributed by atoms with Gasteiger partial charge in [-0.3, -0.25) is 0 Å². The first-order chi connectivity index (χ1) is 10.2. The van der Waals surface area contributed by atoms with E-state index in [1.54, 1.807) is 7.11 Å². The van der Waals surface area contributed by atoms with Crippen LogP contribution in [0, 0.1) is 0 Å². The van der Waals surface area contributed by atoms with E-state index in [1.807, 2.05) is 30.7 Å². The minimum absolute atomic E-state index is 0.404. The summed E-state index contributed by atoms with van der Waals surface area (Å²) in [5.41, 5.74) is 1.96. The zero-order valence-corrected chi connectivity index (χ0v) is 13.8. The lowest BCUT2D eigenvalue weighted by Crippen LogP contribution is -2.02. The van der Waals surface area contributed by atoms with Crippen LogP contribution in [0.2, 0.25) is 5.02 Å². The van der Waals surface area contributed by atoms with Crippen LogP contribution in [-0.4, -0.2) is 23.3 Å². The molecule has 0 N–H and O–H groups in total. The summed E-state index contributed by atoms with van der Waals surface area (Å²) in [5.74, 6) is 1.28. The summed E-state index contributed by atoms with van der Waals surface area (Å²) in [6, 6.07) is 5.59. The lowest BCUT2D eigenvalue weighted by Gasteiger charge is -2.11. The smallest absolute Gasteiger partial charge is 0.220 e. The Morgan fingerprint density at radius 2 is 2.14 bits per heavy atom. The van der Waals surface area contributed by atoms with Crippen LogP contribution in [0.4, 0.5) is 0 Å². The summed E-state index contributed by atoms with van der Waals surface area (Å²) in [6.07, 6.45) is 4.58. The molecular formula is C15H17ClN2O2S. The van der Waals surface area contributed by atoms with E-state index in [9.17, 15) is 0 Å². The van der Waals surface area contributed by atoms with Crippen LogP contribution >= 0.6 is 23.4 Å². The van der Waals surface area contributed by atoms with E-state index in [0.29, 0.717) is 28.4 Å². The number of aryl methyl sites for hydroxylation is 1. The Kier molecular flexibility index (Phi) is 5.70. The van der Waals surface area contributed by atoms with E-state index < -0.39 is 0 Å². The fourth-order valence-corrected chi connectivity index (χ4v) is 2.41. The third-order valence-electron chi connectivity index (χ3n) is 2.96. The Morgan fingerprint density at radius 1 is 1.33 bits per heavy atom. The quantitative estimate of drug-likeness (QED) is 0.593. The molecule has 112 valence electrons. The molecular weight excluding hydrogens is 308 g/mol. The Hall–Kier alpha value is -1.46. The van der Waals surface area contributed by atoms with Crippen LogP contribution < -0.4 is 9.47 Å². The first-order valence-corrected chi connectivity index (χ1v) is 8.13. The molecule has 21 heavy (non-hydrogen) atoms. The molecule has 0 saturated carbocycles. The molecule has 0 aliphatic carbocycles.